The van der Waals surface area contributed by atoms with Crippen molar-refractivity contribution in [1.29, 1.82) is 0 Å². The molecule has 1 unspecified atom stereocenters. The van der Waals surface area contributed by atoms with Crippen LogP contribution in [0.25, 0.3) is 5.65 Å². The molecule has 2 aromatic heterocycles. The molecule has 1 amide bonds. The first-order valence-corrected chi connectivity index (χ1v) is 6.44. The van der Waals surface area contributed by atoms with Crippen LogP contribution in [0.1, 0.15) is 35.2 Å². The van der Waals surface area contributed by atoms with Crippen molar-refractivity contribution in [3.63, 3.8) is 0 Å². The van der Waals surface area contributed by atoms with Gasteiger partial charge in [-0.2, -0.15) is 0 Å². The van der Waals surface area contributed by atoms with Gasteiger partial charge in [0.2, 0.25) is 0 Å². The molecule has 0 saturated carbocycles. The molecule has 0 aliphatic rings. The van der Waals surface area contributed by atoms with Crippen LogP contribution in [0.2, 0.25) is 0 Å². The standard InChI is InChI=1S/C14H17N3O3/c1-4-10(14(19)20)16-13(18)12-9(3)15-11-7-5-6-8(2)17(11)12/h5-7,10H,4H2,1-3H3,(H,16,18)(H,19,20). The number of nitrogens with one attached hydrogen (secondary N) is 1. The van der Waals surface area contributed by atoms with E-state index in [2.05, 4.69) is 10.3 Å². The number of carboxylic acids is 1. The van der Waals surface area contributed by atoms with Crippen LogP contribution < -0.4 is 5.32 Å². The van der Waals surface area contributed by atoms with Crippen molar-refractivity contribution >= 4 is 17.5 Å². The van der Waals surface area contributed by atoms with E-state index in [1.165, 1.54) is 0 Å². The molecular formula is C14H17N3O3. The van der Waals surface area contributed by atoms with Gasteiger partial charge >= 0.3 is 5.97 Å². The number of aryl methyl sites for hydroxylation is 2. The Morgan fingerprint density at radius 2 is 2.10 bits per heavy atom. The lowest BCUT2D eigenvalue weighted by Crippen LogP contribution is -2.41. The third-order valence-electron chi connectivity index (χ3n) is 3.24. The summed E-state index contributed by atoms with van der Waals surface area (Å²) >= 11 is 0. The van der Waals surface area contributed by atoms with Crippen molar-refractivity contribution in [2.24, 2.45) is 0 Å². The molecule has 2 N–H and O–H groups in total. The first-order valence-electron chi connectivity index (χ1n) is 6.44. The number of aliphatic carboxylic acids is 1. The highest BCUT2D eigenvalue weighted by molar-refractivity contribution is 5.97. The number of hydrogen-bond donors (Lipinski definition) is 2. The fraction of sp³-hybridized carbons (Fsp3) is 0.357. The fourth-order valence-electron chi connectivity index (χ4n) is 2.20. The van der Waals surface area contributed by atoms with Gasteiger partial charge in [0.15, 0.2) is 0 Å². The summed E-state index contributed by atoms with van der Waals surface area (Å²) in [5, 5.41) is 11.5. The van der Waals surface area contributed by atoms with Crippen molar-refractivity contribution < 1.29 is 14.7 Å². The fourth-order valence-corrected chi connectivity index (χ4v) is 2.20. The zero-order chi connectivity index (χ0) is 14.9. The molecule has 0 radical (unpaired) electrons. The van der Waals surface area contributed by atoms with Crippen molar-refractivity contribution in [3.05, 3.63) is 35.3 Å². The van der Waals surface area contributed by atoms with Crippen LogP contribution in [0, 0.1) is 13.8 Å². The lowest BCUT2D eigenvalue weighted by atomic mass is 10.2. The van der Waals surface area contributed by atoms with E-state index >= 15 is 0 Å². The molecule has 2 heterocycles. The molecule has 6 nitrogen and oxygen atoms in total. The van der Waals surface area contributed by atoms with Gasteiger partial charge in [0.05, 0.1) is 5.69 Å². The quantitative estimate of drug-likeness (QED) is 0.886. The molecule has 0 bridgehead atoms. The summed E-state index contributed by atoms with van der Waals surface area (Å²) in [5.74, 6) is -1.46. The van der Waals surface area contributed by atoms with Gasteiger partial charge in [-0.1, -0.05) is 13.0 Å². The van der Waals surface area contributed by atoms with E-state index in [0.29, 0.717) is 23.5 Å². The third kappa shape index (κ3) is 2.36. The highest BCUT2D eigenvalue weighted by Gasteiger charge is 2.23. The first-order chi connectivity index (χ1) is 9.45. The maximum Gasteiger partial charge on any atom is 0.326 e. The number of carboxylic acid groups (broad SMARTS) is 1. The maximum absolute atomic E-state index is 12.3. The average Bonchev–Trinajstić information content (AvgIpc) is 2.73. The normalized spacial score (nSPS) is 12.3. The molecule has 0 fully saturated rings. The van der Waals surface area contributed by atoms with Gasteiger partial charge in [0, 0.05) is 5.69 Å². The third-order valence-corrected chi connectivity index (χ3v) is 3.24. The second-order valence-electron chi connectivity index (χ2n) is 4.68. The average molecular weight is 275 g/mol. The Bertz CT molecular complexity index is 676. The molecule has 0 aliphatic heterocycles. The van der Waals surface area contributed by atoms with Gasteiger partial charge in [-0.05, 0) is 32.4 Å². The Balaban J connectivity index is 2.45. The molecule has 0 aliphatic carbocycles. The molecule has 1 atom stereocenters. The molecule has 0 aromatic carbocycles. The summed E-state index contributed by atoms with van der Waals surface area (Å²) in [4.78, 5) is 27.7. The van der Waals surface area contributed by atoms with Crippen LogP contribution in [-0.2, 0) is 4.79 Å². The van der Waals surface area contributed by atoms with Crippen LogP contribution >= 0.6 is 0 Å². The summed E-state index contributed by atoms with van der Waals surface area (Å²) in [6, 6.07) is 4.66. The molecule has 0 spiro atoms. The lowest BCUT2D eigenvalue weighted by molar-refractivity contribution is -0.139. The molecule has 0 saturated heterocycles. The molecule has 2 aromatic rings. The number of carbonyl (C=O) groups excluding carboxylic acids is 1. The van der Waals surface area contributed by atoms with Crippen molar-refractivity contribution in [2.45, 2.75) is 33.2 Å². The van der Waals surface area contributed by atoms with E-state index in [1.807, 2.05) is 25.1 Å². The number of aromatic nitrogens is 2. The number of imidazole rings is 1. The van der Waals surface area contributed by atoms with Gasteiger partial charge in [0.25, 0.3) is 5.91 Å². The van der Waals surface area contributed by atoms with Crippen molar-refractivity contribution in [2.75, 3.05) is 0 Å². The van der Waals surface area contributed by atoms with Gasteiger partial charge < -0.3 is 10.4 Å². The number of fused-ring (bicyclic) bond motifs is 1. The zero-order valence-corrected chi connectivity index (χ0v) is 11.7. The van der Waals surface area contributed by atoms with Crippen LogP contribution in [0.5, 0.6) is 0 Å². The van der Waals surface area contributed by atoms with E-state index in [0.717, 1.165) is 5.69 Å². The smallest absolute Gasteiger partial charge is 0.326 e. The Morgan fingerprint density at radius 3 is 2.70 bits per heavy atom. The van der Waals surface area contributed by atoms with E-state index in [9.17, 15) is 9.59 Å². The second kappa shape index (κ2) is 5.32. The largest absolute Gasteiger partial charge is 0.480 e. The predicted molar refractivity (Wildman–Crippen MR) is 73.8 cm³/mol. The summed E-state index contributed by atoms with van der Waals surface area (Å²) < 4.78 is 1.74. The molecule has 20 heavy (non-hydrogen) atoms. The molecular weight excluding hydrogens is 258 g/mol. The van der Waals surface area contributed by atoms with E-state index < -0.39 is 17.9 Å². The number of pyridine rings is 1. The summed E-state index contributed by atoms with van der Waals surface area (Å²) in [6.45, 7) is 5.33. The molecule has 2 rings (SSSR count). The monoisotopic (exact) mass is 275 g/mol. The SMILES string of the molecule is CCC(NC(=O)c1c(C)nc2cccc(C)n12)C(=O)O. The van der Waals surface area contributed by atoms with Crippen molar-refractivity contribution in [1.82, 2.24) is 14.7 Å². The van der Waals surface area contributed by atoms with Crippen LogP contribution in [0.15, 0.2) is 18.2 Å². The number of amides is 1. The number of carbonyl (C=O) groups is 2. The second-order valence-corrected chi connectivity index (χ2v) is 4.68. The van der Waals surface area contributed by atoms with E-state index in [1.54, 1.807) is 18.2 Å². The molecule has 106 valence electrons. The number of hydrogen-bond acceptors (Lipinski definition) is 3. The van der Waals surface area contributed by atoms with Crippen LogP contribution in [-0.4, -0.2) is 32.4 Å². The summed E-state index contributed by atoms with van der Waals surface area (Å²) in [5.41, 5.74) is 2.52. The summed E-state index contributed by atoms with van der Waals surface area (Å²) in [7, 11) is 0. The minimum Gasteiger partial charge on any atom is -0.480 e. The van der Waals surface area contributed by atoms with Crippen LogP contribution in [0.3, 0.4) is 0 Å². The van der Waals surface area contributed by atoms with Gasteiger partial charge in [-0.25, -0.2) is 9.78 Å². The Labute approximate surface area is 116 Å². The van der Waals surface area contributed by atoms with E-state index in [-0.39, 0.29) is 0 Å². The topological polar surface area (TPSA) is 83.7 Å². The Hall–Kier alpha value is -2.37. The minimum absolute atomic E-state index is 0.329. The van der Waals surface area contributed by atoms with Gasteiger partial charge in [0.1, 0.15) is 17.4 Å². The van der Waals surface area contributed by atoms with Gasteiger partial charge in [-0.15, -0.1) is 0 Å². The highest BCUT2D eigenvalue weighted by Crippen LogP contribution is 2.15. The molecule has 6 heteroatoms. The Morgan fingerprint density at radius 1 is 1.40 bits per heavy atom. The first kappa shape index (κ1) is 14.0. The predicted octanol–water partition coefficient (Wildman–Crippen LogP) is 1.54. The maximum atomic E-state index is 12.3. The summed E-state index contributed by atoms with van der Waals surface area (Å²) in [6.07, 6.45) is 0.329. The van der Waals surface area contributed by atoms with Crippen molar-refractivity contribution in [3.8, 4) is 0 Å². The highest BCUT2D eigenvalue weighted by atomic mass is 16.4. The number of nitrogens with zero attached hydrogens (tertiary/aromatic N) is 2. The number of rotatable bonds is 4. The zero-order valence-electron chi connectivity index (χ0n) is 11.7. The Kier molecular flexibility index (Phi) is 3.74. The lowest BCUT2D eigenvalue weighted by Gasteiger charge is -2.13. The van der Waals surface area contributed by atoms with Crippen LogP contribution in [0.4, 0.5) is 0 Å². The van der Waals surface area contributed by atoms with E-state index in [4.69, 9.17) is 5.11 Å². The minimum atomic E-state index is -1.04. The van der Waals surface area contributed by atoms with Gasteiger partial charge in [-0.3, -0.25) is 9.20 Å².